The number of para-hydroxylation sites is 1. The van der Waals surface area contributed by atoms with Gasteiger partial charge in [-0.1, -0.05) is 24.8 Å². The number of nitrogens with two attached hydrogens (primary N) is 1. The van der Waals surface area contributed by atoms with E-state index in [1.807, 2.05) is 0 Å². The number of aryl methyl sites for hydroxylation is 1. The van der Waals surface area contributed by atoms with Crippen molar-refractivity contribution in [3.63, 3.8) is 0 Å². The first-order valence-corrected chi connectivity index (χ1v) is 14.3. The van der Waals surface area contributed by atoms with Crippen molar-refractivity contribution < 1.29 is 26.4 Å². The van der Waals surface area contributed by atoms with Crippen LogP contribution in [0.5, 0.6) is 0 Å². The molecule has 1 fully saturated rings. The van der Waals surface area contributed by atoms with E-state index in [0.717, 1.165) is 28.8 Å². The number of halogens is 3. The van der Waals surface area contributed by atoms with Gasteiger partial charge in [0.15, 0.2) is 11.5 Å². The highest BCUT2D eigenvalue weighted by Gasteiger charge is 2.31. The molecule has 1 atom stereocenters. The van der Waals surface area contributed by atoms with Crippen LogP contribution < -0.4 is 15.7 Å². The van der Waals surface area contributed by atoms with Gasteiger partial charge in [-0.05, 0) is 49.8 Å². The van der Waals surface area contributed by atoms with Crippen LogP contribution in [0.2, 0.25) is 0 Å². The normalized spacial score (nSPS) is 15.7. The highest BCUT2D eigenvalue weighted by molar-refractivity contribution is 7.89. The Morgan fingerprint density at radius 2 is 1.74 bits per heavy atom. The Morgan fingerprint density at radius 1 is 1.07 bits per heavy atom. The molecule has 3 heterocycles. The minimum atomic E-state index is -4.39. The molecule has 1 amide bonds. The zero-order valence-corrected chi connectivity index (χ0v) is 23.3. The fourth-order valence-electron chi connectivity index (χ4n) is 5.18. The van der Waals surface area contributed by atoms with Crippen molar-refractivity contribution in [2.45, 2.75) is 24.8 Å². The molecule has 4 aromatic rings. The van der Waals surface area contributed by atoms with E-state index in [2.05, 4.69) is 16.5 Å². The van der Waals surface area contributed by atoms with E-state index >= 15 is 4.39 Å². The number of carbonyl (C=O) groups excluding carboxylic acids is 1. The molecule has 2 N–H and O–H groups in total. The lowest BCUT2D eigenvalue weighted by Crippen LogP contribution is -2.54. The van der Waals surface area contributed by atoms with E-state index in [0.29, 0.717) is 0 Å². The lowest BCUT2D eigenvalue weighted by atomic mass is 10.1. The van der Waals surface area contributed by atoms with Gasteiger partial charge in [0.2, 0.25) is 15.9 Å². The second kappa shape index (κ2) is 10.7. The molecule has 2 aromatic heterocycles. The predicted octanol–water partition coefficient (Wildman–Crippen LogP) is 3.04. The molecule has 218 valence electrons. The molecule has 0 radical (unpaired) electrons. The highest BCUT2D eigenvalue weighted by Crippen LogP contribution is 2.34. The molecule has 5 rings (SSSR count). The van der Waals surface area contributed by atoms with Crippen LogP contribution in [-0.4, -0.2) is 59.4 Å². The first-order valence-electron chi connectivity index (χ1n) is 12.7. The van der Waals surface area contributed by atoms with Crippen molar-refractivity contribution in [3.8, 4) is 16.9 Å². The van der Waals surface area contributed by atoms with Crippen molar-refractivity contribution in [1.29, 1.82) is 0 Å². The number of carbonyl (C=O) groups is 1. The number of fused-ring (bicyclic) bond motifs is 1. The third-order valence-corrected chi connectivity index (χ3v) is 8.06. The second-order valence-corrected chi connectivity index (χ2v) is 11.4. The van der Waals surface area contributed by atoms with Crippen molar-refractivity contribution in [3.05, 3.63) is 88.6 Å². The number of aromatic nitrogens is 3. The first kappa shape index (κ1) is 29.0. The molecule has 10 nitrogen and oxygen atoms in total. The summed E-state index contributed by atoms with van der Waals surface area (Å²) >= 11 is 0. The van der Waals surface area contributed by atoms with Crippen molar-refractivity contribution in [2.24, 2.45) is 5.14 Å². The Kier molecular flexibility index (Phi) is 7.37. The molecule has 42 heavy (non-hydrogen) atoms. The molecule has 0 bridgehead atoms. The van der Waals surface area contributed by atoms with E-state index in [9.17, 15) is 26.8 Å². The van der Waals surface area contributed by atoms with Crippen molar-refractivity contribution in [2.75, 3.05) is 24.5 Å². The standard InChI is InChI=1S/C28H25F3N6O4S/c1-4-22(38)35-11-12-36(16(3)14-35)26-17-13-20(31)24(23-18(29)8-6-9-19(23)30)33-27(17)37(28(39)34-26)25-15(2)7-5-10-21(25)42(32,40)41/h4-10,13,16H,1,11-12,14H2,2-3H3,(H2,32,40,41)/t16-/m0/s1. The summed E-state index contributed by atoms with van der Waals surface area (Å²) in [5.74, 6) is -3.58. The fraction of sp³-hybridized carbons (Fsp3) is 0.214. The van der Waals surface area contributed by atoms with Gasteiger partial charge in [-0.25, -0.2) is 41.1 Å². The summed E-state index contributed by atoms with van der Waals surface area (Å²) in [7, 11) is -4.39. The van der Waals surface area contributed by atoms with Gasteiger partial charge in [-0.15, -0.1) is 0 Å². The number of piperazine rings is 1. The van der Waals surface area contributed by atoms with E-state index < -0.39 is 55.4 Å². The highest BCUT2D eigenvalue weighted by atomic mass is 32.2. The Morgan fingerprint density at radius 3 is 2.36 bits per heavy atom. The van der Waals surface area contributed by atoms with Crippen LogP contribution in [0.3, 0.4) is 0 Å². The van der Waals surface area contributed by atoms with Gasteiger partial charge < -0.3 is 9.80 Å². The predicted molar refractivity (Wildman–Crippen MR) is 150 cm³/mol. The molecular weight excluding hydrogens is 573 g/mol. The van der Waals surface area contributed by atoms with Crippen LogP contribution in [-0.2, 0) is 14.8 Å². The first-order chi connectivity index (χ1) is 19.8. The van der Waals surface area contributed by atoms with Gasteiger partial charge in [0.05, 0.1) is 16.6 Å². The summed E-state index contributed by atoms with van der Waals surface area (Å²) in [5.41, 5.74) is -2.71. The van der Waals surface area contributed by atoms with E-state index in [1.54, 1.807) is 16.7 Å². The minimum absolute atomic E-state index is 0.00199. The van der Waals surface area contributed by atoms with Crippen LogP contribution >= 0.6 is 0 Å². The minimum Gasteiger partial charge on any atom is -0.350 e. The van der Waals surface area contributed by atoms with Gasteiger partial charge in [-0.3, -0.25) is 4.79 Å². The third-order valence-electron chi connectivity index (χ3n) is 7.12. The largest absolute Gasteiger partial charge is 0.355 e. The molecule has 1 saturated heterocycles. The summed E-state index contributed by atoms with van der Waals surface area (Å²) in [6.07, 6.45) is 1.19. The average Bonchev–Trinajstić information content (AvgIpc) is 2.92. The zero-order chi connectivity index (χ0) is 30.5. The Labute approximate surface area is 238 Å². The summed E-state index contributed by atoms with van der Waals surface area (Å²) in [4.78, 5) is 37.2. The van der Waals surface area contributed by atoms with Gasteiger partial charge in [0, 0.05) is 25.7 Å². The van der Waals surface area contributed by atoms with E-state index in [4.69, 9.17) is 5.14 Å². The number of anilines is 1. The maximum absolute atomic E-state index is 15.7. The lowest BCUT2D eigenvalue weighted by Gasteiger charge is -2.40. The average molecular weight is 599 g/mol. The number of nitrogens with zero attached hydrogens (tertiary/aromatic N) is 5. The maximum atomic E-state index is 15.7. The monoisotopic (exact) mass is 598 g/mol. The van der Waals surface area contributed by atoms with Crippen LogP contribution in [0.4, 0.5) is 19.0 Å². The lowest BCUT2D eigenvalue weighted by molar-refractivity contribution is -0.126. The number of pyridine rings is 1. The van der Waals surface area contributed by atoms with Crippen LogP contribution in [0.1, 0.15) is 12.5 Å². The molecule has 0 unspecified atom stereocenters. The Hall–Kier alpha value is -4.56. The van der Waals surface area contributed by atoms with Gasteiger partial charge in [-0.2, -0.15) is 4.98 Å². The number of rotatable bonds is 5. The van der Waals surface area contributed by atoms with E-state index in [-0.39, 0.29) is 53.6 Å². The topological polar surface area (TPSA) is 131 Å². The zero-order valence-electron chi connectivity index (χ0n) is 22.5. The number of primary sulfonamides is 1. The number of hydrogen-bond acceptors (Lipinski definition) is 7. The molecule has 1 aliphatic heterocycles. The number of hydrogen-bond donors (Lipinski definition) is 1. The smallest absolute Gasteiger partial charge is 0.350 e. The summed E-state index contributed by atoms with van der Waals surface area (Å²) in [6.45, 7) is 7.47. The number of sulfonamides is 1. The quantitative estimate of drug-likeness (QED) is 0.350. The molecular formula is C28H25F3N6O4S. The molecule has 2 aromatic carbocycles. The summed E-state index contributed by atoms with van der Waals surface area (Å²) < 4.78 is 71.2. The van der Waals surface area contributed by atoms with Gasteiger partial charge in [0.25, 0.3) is 0 Å². The summed E-state index contributed by atoms with van der Waals surface area (Å²) in [6, 6.07) is 7.64. The Balaban J connectivity index is 1.86. The molecule has 14 heteroatoms. The molecule has 0 saturated carbocycles. The Bertz CT molecular complexity index is 1930. The molecule has 1 aliphatic rings. The van der Waals surface area contributed by atoms with Crippen molar-refractivity contribution >= 4 is 32.8 Å². The van der Waals surface area contributed by atoms with Crippen LogP contribution in [0, 0.1) is 24.4 Å². The molecule has 0 aliphatic carbocycles. The molecule has 0 spiro atoms. The number of amides is 1. The van der Waals surface area contributed by atoms with Crippen molar-refractivity contribution in [1.82, 2.24) is 19.4 Å². The fourth-order valence-corrected chi connectivity index (χ4v) is 5.97. The van der Waals surface area contributed by atoms with Gasteiger partial charge >= 0.3 is 5.69 Å². The van der Waals surface area contributed by atoms with Crippen LogP contribution in [0.25, 0.3) is 28.0 Å². The summed E-state index contributed by atoms with van der Waals surface area (Å²) in [5, 5.41) is 5.43. The van der Waals surface area contributed by atoms with Gasteiger partial charge in [0.1, 0.15) is 28.0 Å². The second-order valence-electron chi connectivity index (χ2n) is 9.84. The third kappa shape index (κ3) is 4.92. The number of benzene rings is 2. The SMILES string of the molecule is C=CC(=O)N1CCN(c2nc(=O)n(-c3c(C)cccc3S(N)(=O)=O)c3nc(-c4c(F)cccc4F)c(F)cc23)[C@@H](C)C1. The maximum Gasteiger partial charge on any atom is 0.355 e. The van der Waals surface area contributed by atoms with E-state index in [1.165, 1.54) is 31.2 Å². The van der Waals surface area contributed by atoms with Crippen LogP contribution in [0.15, 0.2) is 64.8 Å².